The second kappa shape index (κ2) is 9.53. The number of rotatable bonds is 7. The molecule has 6 heteroatoms. The van der Waals surface area contributed by atoms with Crippen LogP contribution in [0.1, 0.15) is 25.0 Å². The Morgan fingerprint density at radius 1 is 0.852 bits per heavy atom. The first-order valence-electron chi connectivity index (χ1n) is 9.19. The lowest BCUT2D eigenvalue weighted by atomic mass is 9.94. The van der Waals surface area contributed by atoms with Gasteiger partial charge in [0.2, 0.25) is 0 Å². The van der Waals surface area contributed by atoms with Crippen molar-refractivity contribution >= 4 is 0 Å². The predicted octanol–water partition coefficient (Wildman–Crippen LogP) is 4.64. The Kier molecular flexibility index (Phi) is 6.85. The molecule has 0 aromatic heterocycles. The average Bonchev–Trinajstić information content (AvgIpc) is 2.69. The van der Waals surface area contributed by atoms with Crippen molar-refractivity contribution in [2.45, 2.75) is 57.5 Å². The van der Waals surface area contributed by atoms with Crippen LogP contribution in [0.5, 0.6) is 0 Å². The summed E-state index contributed by atoms with van der Waals surface area (Å²) in [5.74, 6) is 0. The van der Waals surface area contributed by atoms with E-state index < -0.39 is 6.04 Å². The summed E-state index contributed by atoms with van der Waals surface area (Å²) in [6.07, 6.45) is -1.13. The molecule has 5 atom stereocenters. The fourth-order valence-corrected chi connectivity index (χ4v) is 3.40. The van der Waals surface area contributed by atoms with Gasteiger partial charge in [-0.25, -0.2) is 0 Å². The van der Waals surface area contributed by atoms with E-state index in [0.29, 0.717) is 13.2 Å². The quantitative estimate of drug-likeness (QED) is 0.406. The molecule has 1 fully saturated rings. The zero-order valence-corrected chi connectivity index (χ0v) is 15.6. The molecular weight excluding hydrogens is 342 g/mol. The molecule has 0 N–H and O–H groups in total. The van der Waals surface area contributed by atoms with E-state index in [-0.39, 0.29) is 24.4 Å². The number of benzene rings is 2. The fourth-order valence-electron chi connectivity index (χ4n) is 3.40. The summed E-state index contributed by atoms with van der Waals surface area (Å²) in [5, 5.41) is 3.95. The van der Waals surface area contributed by atoms with Crippen LogP contribution in [-0.4, -0.2) is 30.5 Å². The van der Waals surface area contributed by atoms with Crippen LogP contribution >= 0.6 is 0 Å². The fraction of sp³-hybridized carbons (Fsp3) is 0.429. The molecule has 142 valence electrons. The Labute approximate surface area is 159 Å². The summed E-state index contributed by atoms with van der Waals surface area (Å²) in [6.45, 7) is 4.74. The van der Waals surface area contributed by atoms with Gasteiger partial charge in [0.15, 0.2) is 0 Å². The lowest BCUT2D eigenvalue weighted by Crippen LogP contribution is -2.56. The monoisotopic (exact) mass is 367 g/mol. The van der Waals surface area contributed by atoms with Crippen molar-refractivity contribution in [2.24, 2.45) is 5.11 Å². The summed E-state index contributed by atoms with van der Waals surface area (Å²) in [5.41, 5.74) is 11.1. The first kappa shape index (κ1) is 19.4. The maximum Gasteiger partial charge on any atom is 0.110 e. The van der Waals surface area contributed by atoms with Gasteiger partial charge in [0.1, 0.15) is 6.10 Å². The lowest BCUT2D eigenvalue weighted by molar-refractivity contribution is -0.207. The van der Waals surface area contributed by atoms with Gasteiger partial charge in [-0.2, -0.15) is 0 Å². The molecule has 0 spiro atoms. The molecule has 0 bridgehead atoms. The molecule has 3 rings (SSSR count). The molecule has 2 aromatic carbocycles. The Balaban J connectivity index is 1.76. The highest BCUT2D eigenvalue weighted by atomic mass is 16.6. The van der Waals surface area contributed by atoms with E-state index in [0.717, 1.165) is 11.1 Å². The van der Waals surface area contributed by atoms with Crippen LogP contribution < -0.4 is 0 Å². The minimum absolute atomic E-state index is 0.172. The van der Waals surface area contributed by atoms with E-state index in [1.807, 2.05) is 74.5 Å². The molecule has 1 aliphatic heterocycles. The molecule has 6 nitrogen and oxygen atoms in total. The summed E-state index contributed by atoms with van der Waals surface area (Å²) >= 11 is 0. The van der Waals surface area contributed by atoms with E-state index >= 15 is 0 Å². The van der Waals surface area contributed by atoms with Crippen LogP contribution in [-0.2, 0) is 27.4 Å². The molecule has 0 saturated carbocycles. The third-order valence-corrected chi connectivity index (χ3v) is 4.79. The van der Waals surface area contributed by atoms with Crippen molar-refractivity contribution in [3.8, 4) is 0 Å². The third kappa shape index (κ3) is 5.08. The molecule has 1 aliphatic rings. The van der Waals surface area contributed by atoms with Gasteiger partial charge < -0.3 is 14.2 Å². The van der Waals surface area contributed by atoms with E-state index in [9.17, 15) is 0 Å². The van der Waals surface area contributed by atoms with E-state index in [4.69, 9.17) is 19.7 Å². The van der Waals surface area contributed by atoms with E-state index in [1.165, 1.54) is 0 Å². The zero-order chi connectivity index (χ0) is 19.1. The molecule has 2 aromatic rings. The number of ether oxygens (including phenoxy) is 3. The van der Waals surface area contributed by atoms with Crippen molar-refractivity contribution in [2.75, 3.05) is 0 Å². The van der Waals surface area contributed by atoms with Crippen molar-refractivity contribution in [3.05, 3.63) is 82.2 Å². The van der Waals surface area contributed by atoms with Crippen LogP contribution in [0.25, 0.3) is 10.4 Å². The standard InChI is InChI=1S/C21H25N3O3/c1-15-19(23-24-22)21(26-14-18-11-7-4-8-12-18)20(16(2)27-15)25-13-17-9-5-3-6-10-17/h3-12,15-16,19-21H,13-14H2,1-2H3. The van der Waals surface area contributed by atoms with Gasteiger partial charge in [0, 0.05) is 4.91 Å². The van der Waals surface area contributed by atoms with Gasteiger partial charge in [-0.05, 0) is 30.5 Å². The van der Waals surface area contributed by atoms with Crippen molar-refractivity contribution in [1.82, 2.24) is 0 Å². The number of azide groups is 1. The second-order valence-corrected chi connectivity index (χ2v) is 6.76. The maximum absolute atomic E-state index is 9.01. The molecule has 0 radical (unpaired) electrons. The molecule has 1 saturated heterocycles. The maximum atomic E-state index is 9.01. The molecule has 0 aliphatic carbocycles. The minimum atomic E-state index is -0.448. The van der Waals surface area contributed by atoms with Crippen LogP contribution in [0.15, 0.2) is 65.8 Å². The molecule has 1 heterocycles. The van der Waals surface area contributed by atoms with Gasteiger partial charge in [-0.15, -0.1) is 0 Å². The minimum Gasteiger partial charge on any atom is -0.372 e. The van der Waals surface area contributed by atoms with Gasteiger partial charge in [-0.3, -0.25) is 0 Å². The Morgan fingerprint density at radius 3 is 1.89 bits per heavy atom. The third-order valence-electron chi connectivity index (χ3n) is 4.79. The van der Waals surface area contributed by atoms with Crippen molar-refractivity contribution in [1.29, 1.82) is 0 Å². The van der Waals surface area contributed by atoms with Crippen LogP contribution in [0.3, 0.4) is 0 Å². The summed E-state index contributed by atoms with van der Waals surface area (Å²) in [4.78, 5) is 3.00. The highest BCUT2D eigenvalue weighted by Gasteiger charge is 2.43. The van der Waals surface area contributed by atoms with Gasteiger partial charge in [0.25, 0.3) is 0 Å². The van der Waals surface area contributed by atoms with Crippen LogP contribution in [0.4, 0.5) is 0 Å². The first-order valence-corrected chi connectivity index (χ1v) is 9.19. The smallest absolute Gasteiger partial charge is 0.110 e. The molecule has 0 amide bonds. The van der Waals surface area contributed by atoms with E-state index in [1.54, 1.807) is 0 Å². The summed E-state index contributed by atoms with van der Waals surface area (Å²) < 4.78 is 18.3. The highest BCUT2D eigenvalue weighted by molar-refractivity contribution is 5.14. The Bertz CT molecular complexity index is 750. The average molecular weight is 367 g/mol. The van der Waals surface area contributed by atoms with E-state index in [2.05, 4.69) is 10.0 Å². The van der Waals surface area contributed by atoms with Gasteiger partial charge in [0.05, 0.1) is 37.6 Å². The topological polar surface area (TPSA) is 76.5 Å². The molecule has 27 heavy (non-hydrogen) atoms. The van der Waals surface area contributed by atoms with Crippen molar-refractivity contribution < 1.29 is 14.2 Å². The number of hydrogen-bond acceptors (Lipinski definition) is 4. The van der Waals surface area contributed by atoms with Gasteiger partial charge >= 0.3 is 0 Å². The molecule has 5 unspecified atom stereocenters. The SMILES string of the molecule is CC1OC(C)C(OCc2ccccc2)C(OCc2ccccc2)C1N=[N+]=[N-]. The summed E-state index contributed by atoms with van der Waals surface area (Å²) in [7, 11) is 0. The Morgan fingerprint density at radius 2 is 1.37 bits per heavy atom. The highest BCUT2D eigenvalue weighted by Crippen LogP contribution is 2.29. The number of nitrogens with zero attached hydrogens (tertiary/aromatic N) is 3. The normalized spacial score (nSPS) is 27.7. The van der Waals surface area contributed by atoms with Gasteiger partial charge in [-0.1, -0.05) is 65.8 Å². The summed E-state index contributed by atoms with van der Waals surface area (Å²) in [6, 6.07) is 19.5. The predicted molar refractivity (Wildman–Crippen MR) is 103 cm³/mol. The Hall–Kier alpha value is -2.37. The molecular formula is C21H25N3O3. The zero-order valence-electron chi connectivity index (χ0n) is 15.6. The lowest BCUT2D eigenvalue weighted by Gasteiger charge is -2.43. The van der Waals surface area contributed by atoms with Crippen molar-refractivity contribution in [3.63, 3.8) is 0 Å². The first-order chi connectivity index (χ1) is 13.2. The number of hydrogen-bond donors (Lipinski definition) is 0. The largest absolute Gasteiger partial charge is 0.372 e. The van der Waals surface area contributed by atoms with Crippen LogP contribution in [0, 0.1) is 0 Å². The second-order valence-electron chi connectivity index (χ2n) is 6.76. The van der Waals surface area contributed by atoms with Crippen LogP contribution in [0.2, 0.25) is 0 Å².